The van der Waals surface area contributed by atoms with Gasteiger partial charge in [0.05, 0.1) is 7.11 Å². The fraction of sp³-hybridized carbons (Fsp3) is 0.100. The largest absolute Gasteiger partial charge is 0.485 e. The quantitative estimate of drug-likeness (QED) is 0.712. The van der Waals surface area contributed by atoms with E-state index in [-0.39, 0.29) is 10.9 Å². The number of hydrogen-bond acceptors (Lipinski definition) is 3. The van der Waals surface area contributed by atoms with E-state index in [4.69, 9.17) is 4.74 Å². The van der Waals surface area contributed by atoms with E-state index in [2.05, 4.69) is 0 Å². The van der Waals surface area contributed by atoms with Gasteiger partial charge in [-0.2, -0.15) is 0 Å². The van der Waals surface area contributed by atoms with Crippen molar-refractivity contribution >= 4 is 27.7 Å². The molecule has 0 aliphatic heterocycles. The van der Waals surface area contributed by atoms with Crippen LogP contribution in [0.3, 0.4) is 0 Å². The van der Waals surface area contributed by atoms with Gasteiger partial charge in [0.1, 0.15) is 6.29 Å². The third-order valence-corrected chi connectivity index (χ3v) is 3.03. The summed E-state index contributed by atoms with van der Waals surface area (Å²) >= 11 is 1.20. The van der Waals surface area contributed by atoms with Crippen LogP contribution in [0.25, 0.3) is 10.1 Å². The summed E-state index contributed by atoms with van der Waals surface area (Å²) in [7, 11) is 1.43. The Morgan fingerprint density at radius 1 is 1.50 bits per heavy atom. The third-order valence-electron chi connectivity index (χ3n) is 1.95. The van der Waals surface area contributed by atoms with Gasteiger partial charge >= 0.3 is 0 Å². The van der Waals surface area contributed by atoms with Gasteiger partial charge in [-0.1, -0.05) is 17.4 Å². The first-order valence-corrected chi connectivity index (χ1v) is 4.79. The van der Waals surface area contributed by atoms with Gasteiger partial charge in [-0.3, -0.25) is 4.79 Å². The molecule has 0 aliphatic rings. The monoisotopic (exact) mass is 210 g/mol. The first-order chi connectivity index (χ1) is 6.76. The summed E-state index contributed by atoms with van der Waals surface area (Å²) in [6, 6.07) is 4.83. The zero-order valence-corrected chi connectivity index (χ0v) is 8.23. The minimum atomic E-state index is -0.357. The van der Waals surface area contributed by atoms with Crippen LogP contribution in [0.2, 0.25) is 0 Å². The first kappa shape index (κ1) is 9.15. The molecule has 2 rings (SSSR count). The molecule has 0 saturated heterocycles. The SMILES string of the molecule is COc1sc2cc(C=O)ccc2c1F. The second-order valence-corrected chi connectivity index (χ2v) is 3.80. The van der Waals surface area contributed by atoms with E-state index in [9.17, 15) is 9.18 Å². The number of carbonyl (C=O) groups is 1. The Bertz CT molecular complexity index is 490. The number of fused-ring (bicyclic) bond motifs is 1. The predicted molar refractivity (Wildman–Crippen MR) is 53.7 cm³/mol. The third kappa shape index (κ3) is 1.28. The lowest BCUT2D eigenvalue weighted by atomic mass is 10.2. The molecule has 0 amide bonds. The molecule has 0 unspecified atom stereocenters. The van der Waals surface area contributed by atoms with Gasteiger partial charge in [0, 0.05) is 15.6 Å². The smallest absolute Gasteiger partial charge is 0.211 e. The topological polar surface area (TPSA) is 26.3 Å². The van der Waals surface area contributed by atoms with Gasteiger partial charge in [0.2, 0.25) is 5.06 Å². The van der Waals surface area contributed by atoms with Crippen LogP contribution in [-0.4, -0.2) is 13.4 Å². The highest BCUT2D eigenvalue weighted by molar-refractivity contribution is 7.20. The lowest BCUT2D eigenvalue weighted by Gasteiger charge is -1.91. The van der Waals surface area contributed by atoms with E-state index in [1.54, 1.807) is 18.2 Å². The zero-order valence-electron chi connectivity index (χ0n) is 7.41. The highest BCUT2D eigenvalue weighted by Gasteiger charge is 2.12. The van der Waals surface area contributed by atoms with Gasteiger partial charge in [-0.05, 0) is 12.1 Å². The van der Waals surface area contributed by atoms with E-state index >= 15 is 0 Å². The number of rotatable bonds is 2. The van der Waals surface area contributed by atoms with Crippen LogP contribution in [0.5, 0.6) is 5.06 Å². The molecular formula is C10H7FO2S. The van der Waals surface area contributed by atoms with Crippen LogP contribution >= 0.6 is 11.3 Å². The lowest BCUT2D eigenvalue weighted by Crippen LogP contribution is -1.80. The standard InChI is InChI=1S/C10H7FO2S/c1-13-10-9(11)7-3-2-6(5-12)4-8(7)14-10/h2-5H,1H3. The van der Waals surface area contributed by atoms with Crippen molar-refractivity contribution in [3.8, 4) is 5.06 Å². The van der Waals surface area contributed by atoms with Crippen molar-refractivity contribution in [2.75, 3.05) is 7.11 Å². The fourth-order valence-electron chi connectivity index (χ4n) is 1.26. The molecule has 0 spiro atoms. The van der Waals surface area contributed by atoms with Crippen LogP contribution in [0.15, 0.2) is 18.2 Å². The van der Waals surface area contributed by atoms with Crippen molar-refractivity contribution in [1.29, 1.82) is 0 Å². The number of methoxy groups -OCH3 is 1. The Balaban J connectivity index is 2.72. The molecule has 0 fully saturated rings. The molecule has 0 atom stereocenters. The number of aldehydes is 1. The number of benzene rings is 1. The van der Waals surface area contributed by atoms with Gasteiger partial charge < -0.3 is 4.74 Å². The average molecular weight is 210 g/mol. The number of thiophene rings is 1. The van der Waals surface area contributed by atoms with Gasteiger partial charge in [-0.15, -0.1) is 0 Å². The lowest BCUT2D eigenvalue weighted by molar-refractivity contribution is 0.112. The summed E-state index contributed by atoms with van der Waals surface area (Å²) in [6.07, 6.45) is 0.740. The van der Waals surface area contributed by atoms with Gasteiger partial charge in [-0.25, -0.2) is 4.39 Å². The van der Waals surface area contributed by atoms with Crippen LogP contribution in [0.1, 0.15) is 10.4 Å². The van der Waals surface area contributed by atoms with E-state index in [0.29, 0.717) is 10.9 Å². The van der Waals surface area contributed by atoms with Crippen molar-refractivity contribution in [2.45, 2.75) is 0 Å². The molecule has 1 aromatic heterocycles. The molecule has 14 heavy (non-hydrogen) atoms. The van der Waals surface area contributed by atoms with E-state index in [1.807, 2.05) is 0 Å². The Kier molecular flexibility index (Phi) is 2.21. The van der Waals surface area contributed by atoms with Crippen molar-refractivity contribution in [1.82, 2.24) is 0 Å². The maximum atomic E-state index is 13.5. The second kappa shape index (κ2) is 3.38. The Morgan fingerprint density at radius 2 is 2.29 bits per heavy atom. The summed E-state index contributed by atoms with van der Waals surface area (Å²) in [5.74, 6) is -0.357. The molecule has 0 radical (unpaired) electrons. The zero-order chi connectivity index (χ0) is 10.1. The van der Waals surface area contributed by atoms with Crippen molar-refractivity contribution in [3.05, 3.63) is 29.6 Å². The molecule has 0 bridgehead atoms. The van der Waals surface area contributed by atoms with Gasteiger partial charge in [0.15, 0.2) is 5.82 Å². The molecule has 1 aromatic carbocycles. The Hall–Kier alpha value is -1.42. The average Bonchev–Trinajstić information content (AvgIpc) is 2.55. The maximum Gasteiger partial charge on any atom is 0.211 e. The number of halogens is 1. The molecule has 0 saturated carbocycles. The van der Waals surface area contributed by atoms with Crippen LogP contribution in [0, 0.1) is 5.82 Å². The van der Waals surface area contributed by atoms with E-state index in [0.717, 1.165) is 11.0 Å². The summed E-state index contributed by atoms with van der Waals surface area (Å²) in [5, 5.41) is 0.750. The predicted octanol–water partition coefficient (Wildman–Crippen LogP) is 2.86. The molecule has 0 aliphatic carbocycles. The summed E-state index contributed by atoms with van der Waals surface area (Å²) in [5.41, 5.74) is 0.543. The van der Waals surface area contributed by atoms with Gasteiger partial charge in [0.25, 0.3) is 0 Å². The molecular weight excluding hydrogens is 203 g/mol. The van der Waals surface area contributed by atoms with Crippen molar-refractivity contribution in [3.63, 3.8) is 0 Å². The second-order valence-electron chi connectivity index (χ2n) is 2.78. The Labute approximate surface area is 83.9 Å². The molecule has 0 N–H and O–H groups in total. The highest BCUT2D eigenvalue weighted by Crippen LogP contribution is 2.35. The molecule has 2 aromatic rings. The van der Waals surface area contributed by atoms with Crippen molar-refractivity contribution < 1.29 is 13.9 Å². The maximum absolute atomic E-state index is 13.5. The summed E-state index contributed by atoms with van der Waals surface area (Å²) < 4.78 is 19.0. The van der Waals surface area contributed by atoms with Crippen LogP contribution in [-0.2, 0) is 0 Å². The number of ether oxygens (including phenoxy) is 1. The van der Waals surface area contributed by atoms with Crippen LogP contribution in [0.4, 0.5) is 4.39 Å². The minimum Gasteiger partial charge on any atom is -0.485 e. The summed E-state index contributed by atoms with van der Waals surface area (Å²) in [6.45, 7) is 0. The molecule has 72 valence electrons. The van der Waals surface area contributed by atoms with Crippen LogP contribution < -0.4 is 4.74 Å². The Morgan fingerprint density at radius 3 is 2.93 bits per heavy atom. The van der Waals surface area contributed by atoms with E-state index in [1.165, 1.54) is 18.4 Å². The molecule has 1 heterocycles. The fourth-order valence-corrected chi connectivity index (χ4v) is 2.21. The molecule has 4 heteroatoms. The first-order valence-electron chi connectivity index (χ1n) is 3.97. The summed E-state index contributed by atoms with van der Waals surface area (Å²) in [4.78, 5) is 10.5. The number of carbonyl (C=O) groups excluding carboxylic acids is 1. The minimum absolute atomic E-state index is 0.253. The number of hydrogen-bond donors (Lipinski definition) is 0. The van der Waals surface area contributed by atoms with Crippen molar-refractivity contribution in [2.24, 2.45) is 0 Å². The normalized spacial score (nSPS) is 10.4. The molecule has 2 nitrogen and oxygen atoms in total. The van der Waals surface area contributed by atoms with E-state index < -0.39 is 0 Å². The highest BCUT2D eigenvalue weighted by atomic mass is 32.1.